The number of ether oxygens (including phenoxy) is 3. The van der Waals surface area contributed by atoms with Crippen molar-refractivity contribution in [2.45, 2.75) is 44.2 Å². The molecule has 0 unspecified atom stereocenters. The lowest BCUT2D eigenvalue weighted by atomic mass is 9.96. The van der Waals surface area contributed by atoms with Crippen LogP contribution in [0.1, 0.15) is 38.3 Å². The Kier molecular flexibility index (Phi) is 9.60. The van der Waals surface area contributed by atoms with Gasteiger partial charge in [-0.1, -0.05) is 29.8 Å². The van der Waals surface area contributed by atoms with E-state index in [1.165, 1.54) is 15.6 Å². The van der Waals surface area contributed by atoms with Crippen molar-refractivity contribution in [2.24, 2.45) is 0 Å². The molecule has 0 saturated carbocycles. The van der Waals surface area contributed by atoms with Gasteiger partial charge in [-0.05, 0) is 80.8 Å². The monoisotopic (exact) mass is 708 g/mol. The smallest absolute Gasteiger partial charge is 0.410 e. The second-order valence-corrected chi connectivity index (χ2v) is 15.5. The average Bonchev–Trinajstić information content (AvgIpc) is 3.61. The number of carbonyl (C=O) groups excluding carboxylic acids is 1. The van der Waals surface area contributed by atoms with Crippen molar-refractivity contribution in [1.29, 1.82) is 0 Å². The lowest BCUT2D eigenvalue weighted by molar-refractivity contribution is 0.0270. The van der Waals surface area contributed by atoms with E-state index in [9.17, 15) is 13.2 Å². The topological polar surface area (TPSA) is 102 Å². The van der Waals surface area contributed by atoms with E-state index in [1.807, 2.05) is 57.2 Å². The summed E-state index contributed by atoms with van der Waals surface area (Å²) in [7, 11) is -2.44. The maximum Gasteiger partial charge on any atom is 0.410 e. The predicted octanol–water partition coefficient (Wildman–Crippen LogP) is 7.76. The number of amides is 1. The molecule has 252 valence electrons. The summed E-state index contributed by atoms with van der Waals surface area (Å²) in [6.07, 6.45) is 3.91. The Labute approximate surface area is 290 Å². The van der Waals surface area contributed by atoms with Crippen LogP contribution in [0, 0.1) is 0 Å². The van der Waals surface area contributed by atoms with Gasteiger partial charge in [0.25, 0.3) is 10.0 Å². The summed E-state index contributed by atoms with van der Waals surface area (Å²) in [6, 6.07) is 18.0. The number of anilines is 3. The van der Waals surface area contributed by atoms with E-state index in [4.69, 9.17) is 25.8 Å². The van der Waals surface area contributed by atoms with Crippen LogP contribution in [0.15, 0.2) is 83.2 Å². The zero-order valence-corrected chi connectivity index (χ0v) is 29.6. The Hall–Kier alpha value is -4.26. The Bertz CT molecular complexity index is 1930. The van der Waals surface area contributed by atoms with Crippen LogP contribution < -0.4 is 18.7 Å². The number of benzene rings is 3. The van der Waals surface area contributed by atoms with Crippen molar-refractivity contribution < 1.29 is 27.4 Å². The number of rotatable bonds is 8. The van der Waals surface area contributed by atoms with Crippen molar-refractivity contribution in [2.75, 3.05) is 42.6 Å². The number of halogens is 1. The molecule has 0 radical (unpaired) electrons. The molecule has 48 heavy (non-hydrogen) atoms. The molecule has 3 heterocycles. The van der Waals surface area contributed by atoms with Crippen LogP contribution in [-0.4, -0.2) is 63.3 Å². The van der Waals surface area contributed by atoms with E-state index in [-0.39, 0.29) is 17.5 Å². The largest absolute Gasteiger partial charge is 0.497 e. The molecule has 0 bridgehead atoms. The molecule has 0 fully saturated rings. The predicted molar refractivity (Wildman–Crippen MR) is 189 cm³/mol. The molecular formula is C35H37ClN4O6S2. The van der Waals surface area contributed by atoms with Crippen molar-refractivity contribution in [3.05, 3.63) is 94.5 Å². The highest BCUT2D eigenvalue weighted by molar-refractivity contribution is 7.93. The Morgan fingerprint density at radius 1 is 1.06 bits per heavy atom. The number of hydrogen-bond acceptors (Lipinski definition) is 9. The van der Waals surface area contributed by atoms with E-state index in [2.05, 4.69) is 9.88 Å². The normalized spacial score (nSPS) is 14.9. The molecule has 6 rings (SSSR count). The fourth-order valence-corrected chi connectivity index (χ4v) is 8.10. The molecule has 0 spiro atoms. The SMILES string of the molecule is COc1ccc(CN(c2nccs2)S(=O)(=O)c2ccc3c(c2)OCCN3c2ccc(Cl)cc2C2=CCN(C(=O)OC(C)(C)C)CC2)cc1. The number of aromatic nitrogens is 1. The summed E-state index contributed by atoms with van der Waals surface area (Å²) in [5.41, 5.74) is 3.89. The molecule has 2 aliphatic heterocycles. The first kappa shape index (κ1) is 33.6. The number of thiazole rings is 1. The molecule has 4 aromatic rings. The van der Waals surface area contributed by atoms with Gasteiger partial charge in [0.1, 0.15) is 23.7 Å². The first-order chi connectivity index (χ1) is 22.9. The summed E-state index contributed by atoms with van der Waals surface area (Å²) in [4.78, 5) is 20.9. The lowest BCUT2D eigenvalue weighted by Crippen LogP contribution is -2.39. The van der Waals surface area contributed by atoms with Gasteiger partial charge in [-0.3, -0.25) is 0 Å². The third kappa shape index (κ3) is 7.25. The fraction of sp³-hybridized carbons (Fsp3) is 0.314. The van der Waals surface area contributed by atoms with Gasteiger partial charge in [0.2, 0.25) is 0 Å². The van der Waals surface area contributed by atoms with E-state index < -0.39 is 15.6 Å². The molecule has 13 heteroatoms. The molecule has 0 atom stereocenters. The lowest BCUT2D eigenvalue weighted by Gasteiger charge is -2.34. The second-order valence-electron chi connectivity index (χ2n) is 12.4. The first-order valence-corrected chi connectivity index (χ1v) is 18.2. The van der Waals surface area contributed by atoms with Gasteiger partial charge in [0.15, 0.2) is 5.13 Å². The van der Waals surface area contributed by atoms with Gasteiger partial charge in [-0.2, -0.15) is 0 Å². The number of hydrogen-bond donors (Lipinski definition) is 0. The number of carbonyl (C=O) groups is 1. The minimum absolute atomic E-state index is 0.0957. The van der Waals surface area contributed by atoms with Crippen LogP contribution in [0.5, 0.6) is 11.5 Å². The average molecular weight is 709 g/mol. The molecular weight excluding hydrogens is 672 g/mol. The molecule has 0 N–H and O–H groups in total. The van der Waals surface area contributed by atoms with E-state index in [0.717, 1.165) is 28.1 Å². The molecule has 1 aromatic heterocycles. The van der Waals surface area contributed by atoms with Crippen LogP contribution in [0.4, 0.5) is 21.3 Å². The molecule has 2 aliphatic rings. The number of sulfonamides is 1. The third-order valence-electron chi connectivity index (χ3n) is 7.96. The minimum atomic E-state index is -4.03. The molecule has 1 amide bonds. The number of fused-ring (bicyclic) bond motifs is 1. The summed E-state index contributed by atoms with van der Waals surface area (Å²) in [6.45, 7) is 7.49. The Morgan fingerprint density at radius 2 is 1.83 bits per heavy atom. The van der Waals surface area contributed by atoms with Crippen molar-refractivity contribution in [3.8, 4) is 11.5 Å². The highest BCUT2D eigenvalue weighted by Gasteiger charge is 2.31. The van der Waals surface area contributed by atoms with Crippen LogP contribution >= 0.6 is 22.9 Å². The van der Waals surface area contributed by atoms with Crippen LogP contribution in [0.25, 0.3) is 5.57 Å². The van der Waals surface area contributed by atoms with Gasteiger partial charge in [0, 0.05) is 47.0 Å². The van der Waals surface area contributed by atoms with Crippen molar-refractivity contribution in [3.63, 3.8) is 0 Å². The maximum absolute atomic E-state index is 14.2. The zero-order chi connectivity index (χ0) is 34.1. The van der Waals surface area contributed by atoms with Gasteiger partial charge < -0.3 is 24.0 Å². The van der Waals surface area contributed by atoms with Gasteiger partial charge >= 0.3 is 6.09 Å². The van der Waals surface area contributed by atoms with Crippen LogP contribution in [-0.2, 0) is 21.3 Å². The molecule has 10 nitrogen and oxygen atoms in total. The quantitative estimate of drug-likeness (QED) is 0.183. The summed E-state index contributed by atoms with van der Waals surface area (Å²) in [5.74, 6) is 1.14. The third-order valence-corrected chi connectivity index (χ3v) is 10.8. The number of nitrogens with zero attached hydrogens (tertiary/aromatic N) is 4. The van der Waals surface area contributed by atoms with Gasteiger partial charge in [-0.25, -0.2) is 22.5 Å². The van der Waals surface area contributed by atoms with Crippen LogP contribution in [0.2, 0.25) is 5.02 Å². The van der Waals surface area contributed by atoms with Gasteiger partial charge in [-0.15, -0.1) is 11.3 Å². The summed E-state index contributed by atoms with van der Waals surface area (Å²) in [5, 5.41) is 2.71. The van der Waals surface area contributed by atoms with E-state index in [0.29, 0.717) is 54.3 Å². The first-order valence-electron chi connectivity index (χ1n) is 15.5. The molecule has 0 saturated heterocycles. The fourth-order valence-electron chi connectivity index (χ4n) is 5.64. The van der Waals surface area contributed by atoms with E-state index in [1.54, 1.807) is 53.9 Å². The molecule has 3 aromatic carbocycles. The van der Waals surface area contributed by atoms with Crippen molar-refractivity contribution in [1.82, 2.24) is 9.88 Å². The highest BCUT2D eigenvalue weighted by Crippen LogP contribution is 2.43. The standard InChI is InChI=1S/C35H37ClN4O6S2/c1-35(2,3)46-34(41)38-16-13-25(14-17-38)29-21-26(36)7-11-30(29)39-18-19-45-32-22-28(10-12-31(32)39)48(42,43)40(33-37-15-20-47-33)23-24-5-8-27(44-4)9-6-24/h5-13,15,20-22H,14,16-19,23H2,1-4H3. The Morgan fingerprint density at radius 3 is 2.50 bits per heavy atom. The summed E-state index contributed by atoms with van der Waals surface area (Å²) < 4.78 is 46.6. The van der Waals surface area contributed by atoms with E-state index >= 15 is 0 Å². The van der Waals surface area contributed by atoms with Gasteiger partial charge in [0.05, 0.1) is 30.8 Å². The maximum atomic E-state index is 14.2. The second kappa shape index (κ2) is 13.7. The minimum Gasteiger partial charge on any atom is -0.497 e. The highest BCUT2D eigenvalue weighted by atomic mass is 35.5. The summed E-state index contributed by atoms with van der Waals surface area (Å²) >= 11 is 7.76. The molecule has 0 aliphatic carbocycles. The number of methoxy groups -OCH3 is 1. The van der Waals surface area contributed by atoms with Crippen LogP contribution in [0.3, 0.4) is 0 Å². The zero-order valence-electron chi connectivity index (χ0n) is 27.2. The van der Waals surface area contributed by atoms with Crippen molar-refractivity contribution >= 4 is 61.1 Å². The Balaban J connectivity index is 1.30.